The third-order valence-corrected chi connectivity index (χ3v) is 2.27. The topological polar surface area (TPSA) is 64.9 Å². The molecular formula is C11H15N5O. The van der Waals surface area contributed by atoms with Gasteiger partial charge in [0.1, 0.15) is 0 Å². The fraction of sp³-hybridized carbons (Fsp3) is 0.364. The summed E-state index contributed by atoms with van der Waals surface area (Å²) >= 11 is 0. The van der Waals surface area contributed by atoms with Crippen molar-refractivity contribution in [1.82, 2.24) is 20.2 Å². The molecule has 90 valence electrons. The first kappa shape index (κ1) is 11.5. The van der Waals surface area contributed by atoms with E-state index >= 15 is 0 Å². The first-order valence-electron chi connectivity index (χ1n) is 5.32. The molecule has 0 bridgehead atoms. The molecule has 0 aliphatic carbocycles. The van der Waals surface area contributed by atoms with E-state index in [1.54, 1.807) is 14.2 Å². The van der Waals surface area contributed by atoms with Gasteiger partial charge in [-0.25, -0.2) is 0 Å². The van der Waals surface area contributed by atoms with E-state index in [4.69, 9.17) is 4.74 Å². The van der Waals surface area contributed by atoms with Crippen molar-refractivity contribution in [1.29, 1.82) is 0 Å². The lowest BCUT2D eigenvalue weighted by Gasteiger charge is -2.04. The zero-order valence-corrected chi connectivity index (χ0v) is 9.92. The monoisotopic (exact) mass is 233 g/mol. The van der Waals surface area contributed by atoms with Crippen LogP contribution in [-0.4, -0.2) is 27.3 Å². The standard InChI is InChI=1S/C11H15N5O/c1-16-14-11(13-15-16)7-12-10-5-3-9(4-6-10)8-17-2/h3-6,12H,7-8H2,1-2H3. The molecule has 0 radical (unpaired) electrons. The summed E-state index contributed by atoms with van der Waals surface area (Å²) in [5.74, 6) is 0.675. The minimum absolute atomic E-state index is 0.567. The molecule has 0 spiro atoms. The van der Waals surface area contributed by atoms with Crippen LogP contribution in [0.4, 0.5) is 5.69 Å². The van der Waals surface area contributed by atoms with E-state index in [1.807, 2.05) is 24.3 Å². The minimum atomic E-state index is 0.567. The fourth-order valence-electron chi connectivity index (χ4n) is 1.46. The van der Waals surface area contributed by atoms with Crippen LogP contribution in [0.1, 0.15) is 11.4 Å². The zero-order valence-electron chi connectivity index (χ0n) is 9.92. The zero-order chi connectivity index (χ0) is 12.1. The van der Waals surface area contributed by atoms with Gasteiger partial charge in [0.2, 0.25) is 0 Å². The highest BCUT2D eigenvalue weighted by Gasteiger charge is 2.00. The molecule has 0 unspecified atom stereocenters. The Labute approximate surface area is 99.6 Å². The van der Waals surface area contributed by atoms with Gasteiger partial charge in [0.05, 0.1) is 20.2 Å². The maximum absolute atomic E-state index is 5.05. The summed E-state index contributed by atoms with van der Waals surface area (Å²) in [5, 5.41) is 15.0. The van der Waals surface area contributed by atoms with Gasteiger partial charge in [0.25, 0.3) is 0 Å². The Morgan fingerprint density at radius 2 is 2.06 bits per heavy atom. The van der Waals surface area contributed by atoms with Crippen molar-refractivity contribution in [2.24, 2.45) is 7.05 Å². The lowest BCUT2D eigenvalue weighted by molar-refractivity contribution is 0.185. The van der Waals surface area contributed by atoms with Crippen LogP contribution in [0.15, 0.2) is 24.3 Å². The smallest absolute Gasteiger partial charge is 0.193 e. The number of hydrogen-bond acceptors (Lipinski definition) is 5. The Morgan fingerprint density at radius 3 is 2.65 bits per heavy atom. The summed E-state index contributed by atoms with van der Waals surface area (Å²) in [5.41, 5.74) is 2.17. The lowest BCUT2D eigenvalue weighted by Crippen LogP contribution is -2.02. The van der Waals surface area contributed by atoms with Crippen LogP contribution in [0.3, 0.4) is 0 Å². The molecule has 2 aromatic rings. The Hall–Kier alpha value is -1.95. The number of anilines is 1. The van der Waals surface area contributed by atoms with Gasteiger partial charge in [-0.05, 0) is 22.9 Å². The molecule has 1 heterocycles. The molecular weight excluding hydrogens is 218 g/mol. The van der Waals surface area contributed by atoms with Gasteiger partial charge >= 0.3 is 0 Å². The lowest BCUT2D eigenvalue weighted by atomic mass is 10.2. The number of nitrogens with one attached hydrogen (secondary N) is 1. The van der Waals surface area contributed by atoms with Gasteiger partial charge < -0.3 is 10.1 Å². The van der Waals surface area contributed by atoms with Crippen molar-refractivity contribution in [3.63, 3.8) is 0 Å². The number of ether oxygens (including phenoxy) is 1. The third-order valence-electron chi connectivity index (χ3n) is 2.27. The van der Waals surface area contributed by atoms with E-state index in [1.165, 1.54) is 4.80 Å². The molecule has 0 fully saturated rings. The Balaban J connectivity index is 1.90. The first-order valence-corrected chi connectivity index (χ1v) is 5.32. The van der Waals surface area contributed by atoms with Crippen molar-refractivity contribution >= 4 is 5.69 Å². The van der Waals surface area contributed by atoms with Gasteiger partial charge in [0, 0.05) is 12.8 Å². The molecule has 0 amide bonds. The predicted octanol–water partition coefficient (Wildman–Crippen LogP) is 0.969. The average Bonchev–Trinajstić information content (AvgIpc) is 2.75. The number of methoxy groups -OCH3 is 1. The van der Waals surface area contributed by atoms with E-state index in [0.29, 0.717) is 19.0 Å². The second kappa shape index (κ2) is 5.40. The summed E-state index contributed by atoms with van der Waals surface area (Å²) in [6.07, 6.45) is 0. The predicted molar refractivity (Wildman–Crippen MR) is 63.3 cm³/mol. The molecule has 0 saturated heterocycles. The quantitative estimate of drug-likeness (QED) is 0.833. The van der Waals surface area contributed by atoms with Crippen LogP contribution >= 0.6 is 0 Å². The van der Waals surface area contributed by atoms with E-state index in [2.05, 4.69) is 20.7 Å². The molecule has 6 nitrogen and oxygen atoms in total. The van der Waals surface area contributed by atoms with Crippen molar-refractivity contribution < 1.29 is 4.74 Å². The first-order chi connectivity index (χ1) is 8.28. The van der Waals surface area contributed by atoms with Crippen LogP contribution in [0.25, 0.3) is 0 Å². The van der Waals surface area contributed by atoms with Crippen LogP contribution in [0.2, 0.25) is 0 Å². The van der Waals surface area contributed by atoms with Crippen LogP contribution in [0, 0.1) is 0 Å². The number of aryl methyl sites for hydroxylation is 1. The summed E-state index contributed by atoms with van der Waals surface area (Å²) in [4.78, 5) is 1.44. The SMILES string of the molecule is COCc1ccc(NCc2nnn(C)n2)cc1. The molecule has 0 aliphatic rings. The Morgan fingerprint density at radius 1 is 1.29 bits per heavy atom. The van der Waals surface area contributed by atoms with E-state index in [9.17, 15) is 0 Å². The summed E-state index contributed by atoms with van der Waals surface area (Å²) in [7, 11) is 3.43. The van der Waals surface area contributed by atoms with Crippen LogP contribution in [0.5, 0.6) is 0 Å². The Kier molecular flexibility index (Phi) is 3.66. The highest BCUT2D eigenvalue weighted by molar-refractivity contribution is 5.44. The summed E-state index contributed by atoms with van der Waals surface area (Å²) in [6, 6.07) is 8.06. The second-order valence-corrected chi connectivity index (χ2v) is 3.68. The van der Waals surface area contributed by atoms with Gasteiger partial charge in [-0.1, -0.05) is 12.1 Å². The number of rotatable bonds is 5. The van der Waals surface area contributed by atoms with Crippen molar-refractivity contribution in [3.8, 4) is 0 Å². The average molecular weight is 233 g/mol. The molecule has 0 atom stereocenters. The summed E-state index contributed by atoms with van der Waals surface area (Å²) in [6.45, 7) is 1.20. The van der Waals surface area contributed by atoms with Gasteiger partial charge in [-0.15, -0.1) is 10.2 Å². The minimum Gasteiger partial charge on any atom is -0.380 e. The number of tetrazole rings is 1. The van der Waals surface area contributed by atoms with E-state index in [-0.39, 0.29) is 0 Å². The number of nitrogens with zero attached hydrogens (tertiary/aromatic N) is 4. The van der Waals surface area contributed by atoms with Crippen molar-refractivity contribution in [2.45, 2.75) is 13.2 Å². The summed E-state index contributed by atoms with van der Waals surface area (Å²) < 4.78 is 5.05. The van der Waals surface area contributed by atoms with Gasteiger partial charge in [0.15, 0.2) is 5.82 Å². The van der Waals surface area contributed by atoms with E-state index in [0.717, 1.165) is 11.3 Å². The molecule has 2 rings (SSSR count). The normalized spacial score (nSPS) is 10.5. The largest absolute Gasteiger partial charge is 0.380 e. The third kappa shape index (κ3) is 3.25. The van der Waals surface area contributed by atoms with Crippen LogP contribution in [-0.2, 0) is 24.9 Å². The maximum atomic E-state index is 5.05. The fourth-order valence-corrected chi connectivity index (χ4v) is 1.46. The Bertz CT molecular complexity index is 465. The van der Waals surface area contributed by atoms with Gasteiger partial charge in [-0.3, -0.25) is 0 Å². The maximum Gasteiger partial charge on any atom is 0.193 e. The molecule has 0 saturated carbocycles. The molecule has 0 aliphatic heterocycles. The number of aromatic nitrogens is 4. The van der Waals surface area contributed by atoms with Gasteiger partial charge in [-0.2, -0.15) is 4.80 Å². The molecule has 1 aromatic heterocycles. The second-order valence-electron chi connectivity index (χ2n) is 3.68. The van der Waals surface area contributed by atoms with Crippen LogP contribution < -0.4 is 5.32 Å². The van der Waals surface area contributed by atoms with Crippen molar-refractivity contribution in [3.05, 3.63) is 35.7 Å². The number of hydrogen-bond donors (Lipinski definition) is 1. The number of benzene rings is 1. The van der Waals surface area contributed by atoms with Crippen molar-refractivity contribution in [2.75, 3.05) is 12.4 Å². The molecule has 1 N–H and O–H groups in total. The molecule has 6 heteroatoms. The van der Waals surface area contributed by atoms with E-state index < -0.39 is 0 Å². The molecule has 1 aromatic carbocycles. The highest BCUT2D eigenvalue weighted by atomic mass is 16.5. The molecule has 17 heavy (non-hydrogen) atoms. The highest BCUT2D eigenvalue weighted by Crippen LogP contribution is 2.10.